The highest BCUT2D eigenvalue weighted by molar-refractivity contribution is 5.76. The summed E-state index contributed by atoms with van der Waals surface area (Å²) in [6.07, 6.45) is -0.173. The van der Waals surface area contributed by atoms with Gasteiger partial charge in [-0.25, -0.2) is 0 Å². The molecule has 0 radical (unpaired) electrons. The normalized spacial score (nSPS) is 11.1. The van der Waals surface area contributed by atoms with Crippen LogP contribution in [0.5, 0.6) is 5.75 Å². The standard InChI is InChI=1S/C14H14O4/c1-8(2)18-14-11(12(16)13(14)17)10-6-4-3-5-9(10)7-15/h3-6,8,15H,7H2,1-2H3. The van der Waals surface area contributed by atoms with Crippen LogP contribution in [0.4, 0.5) is 0 Å². The van der Waals surface area contributed by atoms with Crippen LogP contribution in [0.25, 0.3) is 11.1 Å². The van der Waals surface area contributed by atoms with Crippen LogP contribution in [0, 0.1) is 0 Å². The first-order valence-electron chi connectivity index (χ1n) is 5.75. The van der Waals surface area contributed by atoms with Crippen molar-refractivity contribution in [3.8, 4) is 16.9 Å². The summed E-state index contributed by atoms with van der Waals surface area (Å²) < 4.78 is 5.36. The molecule has 0 saturated heterocycles. The Hall–Kier alpha value is -1.94. The molecule has 0 spiro atoms. The molecule has 0 bridgehead atoms. The Bertz CT molecular complexity index is 633. The molecule has 2 rings (SSSR count). The highest BCUT2D eigenvalue weighted by Crippen LogP contribution is 2.29. The molecule has 1 N–H and O–H groups in total. The summed E-state index contributed by atoms with van der Waals surface area (Å²) in [5.74, 6) is 0.107. The minimum absolute atomic E-state index is 0.107. The fraction of sp³-hybridized carbons (Fsp3) is 0.286. The first kappa shape index (κ1) is 12.5. The van der Waals surface area contributed by atoms with E-state index in [4.69, 9.17) is 4.74 Å². The number of hydrogen-bond acceptors (Lipinski definition) is 4. The summed E-state index contributed by atoms with van der Waals surface area (Å²) in [7, 11) is 0. The molecule has 0 atom stereocenters. The van der Waals surface area contributed by atoms with Crippen LogP contribution in [0.15, 0.2) is 33.9 Å². The molecule has 0 aliphatic carbocycles. The predicted molar refractivity (Wildman–Crippen MR) is 68.5 cm³/mol. The van der Waals surface area contributed by atoms with Gasteiger partial charge < -0.3 is 9.84 Å². The molecular weight excluding hydrogens is 232 g/mol. The predicted octanol–water partition coefficient (Wildman–Crippen LogP) is 1.23. The van der Waals surface area contributed by atoms with E-state index in [0.717, 1.165) is 0 Å². The zero-order chi connectivity index (χ0) is 13.3. The van der Waals surface area contributed by atoms with Gasteiger partial charge in [-0.3, -0.25) is 9.59 Å². The van der Waals surface area contributed by atoms with E-state index in [2.05, 4.69) is 0 Å². The second-order valence-electron chi connectivity index (χ2n) is 4.34. The summed E-state index contributed by atoms with van der Waals surface area (Å²) in [6.45, 7) is 3.40. The van der Waals surface area contributed by atoms with Crippen molar-refractivity contribution in [3.63, 3.8) is 0 Å². The molecule has 2 aromatic rings. The number of aliphatic hydroxyl groups excluding tert-OH is 1. The van der Waals surface area contributed by atoms with Gasteiger partial charge >= 0.3 is 0 Å². The van der Waals surface area contributed by atoms with Gasteiger partial charge in [0.25, 0.3) is 5.43 Å². The topological polar surface area (TPSA) is 63.6 Å². The van der Waals surface area contributed by atoms with Gasteiger partial charge in [0, 0.05) is 0 Å². The van der Waals surface area contributed by atoms with Crippen LogP contribution >= 0.6 is 0 Å². The lowest BCUT2D eigenvalue weighted by Gasteiger charge is -2.16. The maximum atomic E-state index is 11.7. The number of ether oxygens (including phenoxy) is 1. The first-order chi connectivity index (χ1) is 8.56. The van der Waals surface area contributed by atoms with Gasteiger partial charge in [0.2, 0.25) is 5.43 Å². The third kappa shape index (κ3) is 1.95. The van der Waals surface area contributed by atoms with E-state index in [-0.39, 0.29) is 24.0 Å². The largest absolute Gasteiger partial charge is 0.486 e. The Morgan fingerprint density at radius 1 is 1.17 bits per heavy atom. The summed E-state index contributed by atoms with van der Waals surface area (Å²) in [5, 5.41) is 9.25. The summed E-state index contributed by atoms with van der Waals surface area (Å²) >= 11 is 0. The molecule has 18 heavy (non-hydrogen) atoms. The Balaban J connectivity index is 2.55. The molecule has 0 aliphatic rings. The smallest absolute Gasteiger partial charge is 0.268 e. The molecule has 94 valence electrons. The molecule has 4 nitrogen and oxygen atoms in total. The number of hydrogen-bond donors (Lipinski definition) is 1. The second kappa shape index (κ2) is 4.74. The Morgan fingerprint density at radius 3 is 2.44 bits per heavy atom. The van der Waals surface area contributed by atoms with Crippen molar-refractivity contribution in [2.45, 2.75) is 26.6 Å². The van der Waals surface area contributed by atoms with Crippen LogP contribution in [0.3, 0.4) is 0 Å². The molecule has 0 aromatic heterocycles. The highest BCUT2D eigenvalue weighted by atomic mass is 16.5. The van der Waals surface area contributed by atoms with Crippen LogP contribution in [0.1, 0.15) is 19.4 Å². The monoisotopic (exact) mass is 246 g/mol. The molecule has 0 amide bonds. The van der Waals surface area contributed by atoms with Gasteiger partial charge in [-0.05, 0) is 25.0 Å². The fourth-order valence-electron chi connectivity index (χ4n) is 1.87. The molecule has 0 aliphatic heterocycles. The molecule has 4 heteroatoms. The average Bonchev–Trinajstić information content (AvgIpc) is 2.37. The Morgan fingerprint density at radius 2 is 1.83 bits per heavy atom. The number of aliphatic hydroxyl groups is 1. The van der Waals surface area contributed by atoms with E-state index >= 15 is 0 Å². The maximum absolute atomic E-state index is 11.7. The van der Waals surface area contributed by atoms with Crippen molar-refractivity contribution in [1.29, 1.82) is 0 Å². The number of benzene rings is 1. The van der Waals surface area contributed by atoms with E-state index in [1.54, 1.807) is 38.1 Å². The zero-order valence-electron chi connectivity index (χ0n) is 10.3. The van der Waals surface area contributed by atoms with Crippen molar-refractivity contribution in [3.05, 3.63) is 50.3 Å². The third-order valence-electron chi connectivity index (χ3n) is 2.68. The summed E-state index contributed by atoms with van der Waals surface area (Å²) in [5.41, 5.74) is 0.315. The van der Waals surface area contributed by atoms with E-state index in [0.29, 0.717) is 11.1 Å². The SMILES string of the molecule is CC(C)Oc1c(-c2ccccc2CO)c(=O)c1=O. The van der Waals surface area contributed by atoms with Crippen molar-refractivity contribution in [2.24, 2.45) is 0 Å². The lowest BCUT2D eigenvalue weighted by Crippen LogP contribution is -2.36. The minimum atomic E-state index is -0.591. The molecule has 0 heterocycles. The Labute approximate surface area is 104 Å². The average molecular weight is 246 g/mol. The van der Waals surface area contributed by atoms with Crippen LogP contribution in [-0.4, -0.2) is 11.2 Å². The van der Waals surface area contributed by atoms with Gasteiger partial charge in [0.1, 0.15) is 0 Å². The van der Waals surface area contributed by atoms with E-state index < -0.39 is 10.9 Å². The molecular formula is C14H14O4. The van der Waals surface area contributed by atoms with E-state index in [1.165, 1.54) is 0 Å². The van der Waals surface area contributed by atoms with E-state index in [9.17, 15) is 14.7 Å². The molecule has 0 unspecified atom stereocenters. The van der Waals surface area contributed by atoms with Gasteiger partial charge in [-0.2, -0.15) is 0 Å². The molecule has 0 fully saturated rings. The Kier molecular flexibility index (Phi) is 3.30. The van der Waals surface area contributed by atoms with Crippen molar-refractivity contribution in [2.75, 3.05) is 0 Å². The summed E-state index contributed by atoms with van der Waals surface area (Å²) in [4.78, 5) is 23.1. The van der Waals surface area contributed by atoms with Gasteiger partial charge in [-0.1, -0.05) is 24.3 Å². The van der Waals surface area contributed by atoms with E-state index in [1.807, 2.05) is 0 Å². The minimum Gasteiger partial charge on any atom is -0.486 e. The summed E-state index contributed by atoms with van der Waals surface area (Å²) in [6, 6.07) is 6.94. The first-order valence-corrected chi connectivity index (χ1v) is 5.75. The van der Waals surface area contributed by atoms with Crippen LogP contribution < -0.4 is 15.6 Å². The third-order valence-corrected chi connectivity index (χ3v) is 2.68. The van der Waals surface area contributed by atoms with Crippen molar-refractivity contribution in [1.82, 2.24) is 0 Å². The second-order valence-corrected chi connectivity index (χ2v) is 4.34. The van der Waals surface area contributed by atoms with Crippen molar-refractivity contribution < 1.29 is 9.84 Å². The van der Waals surface area contributed by atoms with Gasteiger partial charge in [0.05, 0.1) is 18.3 Å². The fourth-order valence-corrected chi connectivity index (χ4v) is 1.87. The van der Waals surface area contributed by atoms with Crippen LogP contribution in [0.2, 0.25) is 0 Å². The lowest BCUT2D eigenvalue weighted by atomic mass is 9.95. The zero-order valence-corrected chi connectivity index (χ0v) is 10.3. The highest BCUT2D eigenvalue weighted by Gasteiger charge is 2.25. The van der Waals surface area contributed by atoms with Crippen LogP contribution in [-0.2, 0) is 6.61 Å². The molecule has 2 aromatic carbocycles. The van der Waals surface area contributed by atoms with Gasteiger partial charge in [-0.15, -0.1) is 0 Å². The van der Waals surface area contributed by atoms with Crippen molar-refractivity contribution >= 4 is 0 Å². The lowest BCUT2D eigenvalue weighted by molar-refractivity contribution is 0.238. The quantitative estimate of drug-likeness (QED) is 0.824. The molecule has 0 saturated carbocycles. The number of rotatable bonds is 4. The maximum Gasteiger partial charge on any atom is 0.268 e. The van der Waals surface area contributed by atoms with Gasteiger partial charge in [0.15, 0.2) is 5.75 Å².